The van der Waals surface area contributed by atoms with Gasteiger partial charge in [0.15, 0.2) is 5.96 Å². The number of morpholine rings is 1. The summed E-state index contributed by atoms with van der Waals surface area (Å²) >= 11 is 0. The fourth-order valence-electron chi connectivity index (χ4n) is 2.82. The second-order valence-electron chi connectivity index (χ2n) is 5.81. The molecule has 0 radical (unpaired) electrons. The second kappa shape index (κ2) is 12.5. The number of nitrogens with one attached hydrogen (secondary N) is 2. The molecule has 1 aromatic carbocycles. The van der Waals surface area contributed by atoms with E-state index in [1.54, 1.807) is 0 Å². The van der Waals surface area contributed by atoms with Gasteiger partial charge in [-0.3, -0.25) is 9.89 Å². The largest absolute Gasteiger partial charge is 0.379 e. The van der Waals surface area contributed by atoms with E-state index in [4.69, 9.17) is 4.74 Å². The van der Waals surface area contributed by atoms with Crippen molar-refractivity contribution >= 4 is 29.9 Å². The van der Waals surface area contributed by atoms with Gasteiger partial charge in [0, 0.05) is 33.2 Å². The number of ether oxygens (including phenoxy) is 1. The van der Waals surface area contributed by atoms with Gasteiger partial charge in [-0.2, -0.15) is 0 Å². The summed E-state index contributed by atoms with van der Waals surface area (Å²) in [6.45, 7) is 7.58. The Bertz CT molecular complexity index is 463. The maximum atomic E-state index is 5.50. The number of unbranched alkanes of at least 4 members (excludes halogenated alkanes) is 1. The minimum atomic E-state index is 0. The highest BCUT2D eigenvalue weighted by molar-refractivity contribution is 14.0. The summed E-state index contributed by atoms with van der Waals surface area (Å²) in [5.41, 5.74) is 1.34. The van der Waals surface area contributed by atoms with Gasteiger partial charge in [-0.15, -0.1) is 24.0 Å². The monoisotopic (exact) mass is 446 g/mol. The Morgan fingerprint density at radius 2 is 1.92 bits per heavy atom. The molecule has 5 nitrogen and oxygen atoms in total. The molecule has 1 heterocycles. The third kappa shape index (κ3) is 6.94. The van der Waals surface area contributed by atoms with Crippen LogP contribution in [0.5, 0.6) is 0 Å². The standard InChI is InChI=1S/C18H30N4O.HI/c1-3-4-10-20-18(19-2)21-15-17(16-8-6-5-7-9-16)22-11-13-23-14-12-22;/h5-9,17H,3-4,10-15H2,1-2H3,(H2,19,20,21);1H. The van der Waals surface area contributed by atoms with Crippen LogP contribution in [-0.4, -0.2) is 57.3 Å². The molecule has 0 spiro atoms. The van der Waals surface area contributed by atoms with Crippen LogP contribution in [0.15, 0.2) is 35.3 Å². The summed E-state index contributed by atoms with van der Waals surface area (Å²) in [4.78, 5) is 6.81. The van der Waals surface area contributed by atoms with Crippen LogP contribution in [0.4, 0.5) is 0 Å². The molecule has 24 heavy (non-hydrogen) atoms. The third-order valence-electron chi connectivity index (χ3n) is 4.18. The zero-order chi connectivity index (χ0) is 16.3. The first-order chi connectivity index (χ1) is 11.3. The van der Waals surface area contributed by atoms with Crippen LogP contribution in [0.25, 0.3) is 0 Å². The van der Waals surface area contributed by atoms with Gasteiger partial charge in [0.1, 0.15) is 0 Å². The average Bonchev–Trinajstić information content (AvgIpc) is 2.62. The molecule has 0 aliphatic carbocycles. The van der Waals surface area contributed by atoms with Gasteiger partial charge in [-0.1, -0.05) is 43.7 Å². The van der Waals surface area contributed by atoms with E-state index in [2.05, 4.69) is 57.8 Å². The summed E-state index contributed by atoms with van der Waals surface area (Å²) in [7, 11) is 1.83. The van der Waals surface area contributed by atoms with E-state index >= 15 is 0 Å². The van der Waals surface area contributed by atoms with Gasteiger partial charge < -0.3 is 15.4 Å². The van der Waals surface area contributed by atoms with Gasteiger partial charge in [0.05, 0.1) is 19.3 Å². The lowest BCUT2D eigenvalue weighted by Gasteiger charge is -2.35. The molecule has 2 rings (SSSR count). The van der Waals surface area contributed by atoms with Crippen molar-refractivity contribution in [3.05, 3.63) is 35.9 Å². The molecule has 0 aromatic heterocycles. The number of hydrogen-bond acceptors (Lipinski definition) is 3. The maximum absolute atomic E-state index is 5.50. The molecule has 1 unspecified atom stereocenters. The lowest BCUT2D eigenvalue weighted by molar-refractivity contribution is 0.0170. The first-order valence-corrected chi connectivity index (χ1v) is 8.66. The molecule has 136 valence electrons. The van der Waals surface area contributed by atoms with Crippen LogP contribution >= 0.6 is 24.0 Å². The first-order valence-electron chi connectivity index (χ1n) is 8.66. The second-order valence-corrected chi connectivity index (χ2v) is 5.81. The Morgan fingerprint density at radius 3 is 2.54 bits per heavy atom. The number of nitrogens with zero attached hydrogens (tertiary/aromatic N) is 2. The van der Waals surface area contributed by atoms with E-state index in [0.717, 1.165) is 51.8 Å². The van der Waals surface area contributed by atoms with Crippen molar-refractivity contribution in [2.45, 2.75) is 25.8 Å². The van der Waals surface area contributed by atoms with E-state index in [9.17, 15) is 0 Å². The number of guanidine groups is 1. The molecule has 0 bridgehead atoms. The van der Waals surface area contributed by atoms with E-state index in [1.165, 1.54) is 12.0 Å². The SMILES string of the molecule is CCCCNC(=NC)NCC(c1ccccc1)N1CCOCC1.I. The van der Waals surface area contributed by atoms with E-state index in [0.29, 0.717) is 6.04 Å². The lowest BCUT2D eigenvalue weighted by atomic mass is 10.0. The summed E-state index contributed by atoms with van der Waals surface area (Å²) in [5, 5.41) is 6.86. The van der Waals surface area contributed by atoms with Gasteiger partial charge in [-0.25, -0.2) is 0 Å². The predicted octanol–water partition coefficient (Wildman–Crippen LogP) is 2.64. The summed E-state index contributed by atoms with van der Waals surface area (Å²) in [5.74, 6) is 0.882. The van der Waals surface area contributed by atoms with Gasteiger partial charge in [-0.05, 0) is 12.0 Å². The van der Waals surface area contributed by atoms with Crippen LogP contribution in [0.3, 0.4) is 0 Å². The van der Waals surface area contributed by atoms with Crippen molar-refractivity contribution in [3.63, 3.8) is 0 Å². The van der Waals surface area contributed by atoms with Crippen LogP contribution in [0.2, 0.25) is 0 Å². The van der Waals surface area contributed by atoms with Crippen LogP contribution in [0, 0.1) is 0 Å². The van der Waals surface area contributed by atoms with Crippen LogP contribution in [-0.2, 0) is 4.74 Å². The average molecular weight is 446 g/mol. The van der Waals surface area contributed by atoms with Crippen molar-refractivity contribution in [2.75, 3.05) is 46.4 Å². The highest BCUT2D eigenvalue weighted by Crippen LogP contribution is 2.20. The van der Waals surface area contributed by atoms with E-state index < -0.39 is 0 Å². The molecule has 6 heteroatoms. The molecule has 0 amide bonds. The number of aliphatic imine (C=N–C) groups is 1. The van der Waals surface area contributed by atoms with Gasteiger partial charge in [0.25, 0.3) is 0 Å². The number of benzene rings is 1. The van der Waals surface area contributed by atoms with E-state index in [-0.39, 0.29) is 24.0 Å². The topological polar surface area (TPSA) is 48.9 Å². The Balaban J connectivity index is 0.00000288. The highest BCUT2D eigenvalue weighted by atomic mass is 127. The Labute approximate surface area is 163 Å². The number of rotatable bonds is 7. The zero-order valence-corrected chi connectivity index (χ0v) is 17.2. The molecular formula is C18H31IN4O. The van der Waals surface area contributed by atoms with Gasteiger partial charge >= 0.3 is 0 Å². The molecule has 1 aliphatic heterocycles. The molecule has 1 aromatic rings. The molecule has 2 N–H and O–H groups in total. The van der Waals surface area contributed by atoms with Crippen molar-refractivity contribution in [1.29, 1.82) is 0 Å². The molecular weight excluding hydrogens is 415 g/mol. The fourth-order valence-corrected chi connectivity index (χ4v) is 2.82. The quantitative estimate of drug-likeness (QED) is 0.293. The molecule has 1 aliphatic rings. The molecule has 1 saturated heterocycles. The third-order valence-corrected chi connectivity index (χ3v) is 4.18. The molecule has 1 fully saturated rings. The number of hydrogen-bond donors (Lipinski definition) is 2. The van der Waals surface area contributed by atoms with Crippen molar-refractivity contribution < 1.29 is 4.74 Å². The zero-order valence-electron chi connectivity index (χ0n) is 14.8. The Morgan fingerprint density at radius 1 is 1.21 bits per heavy atom. The van der Waals surface area contributed by atoms with E-state index in [1.807, 2.05) is 7.05 Å². The minimum Gasteiger partial charge on any atom is -0.379 e. The predicted molar refractivity (Wildman–Crippen MR) is 111 cm³/mol. The molecule has 0 saturated carbocycles. The van der Waals surface area contributed by atoms with Crippen LogP contribution < -0.4 is 10.6 Å². The van der Waals surface area contributed by atoms with Gasteiger partial charge in [0.2, 0.25) is 0 Å². The van der Waals surface area contributed by atoms with Crippen LogP contribution in [0.1, 0.15) is 31.4 Å². The lowest BCUT2D eigenvalue weighted by Crippen LogP contribution is -2.46. The minimum absolute atomic E-state index is 0. The van der Waals surface area contributed by atoms with Crippen molar-refractivity contribution in [2.24, 2.45) is 4.99 Å². The highest BCUT2D eigenvalue weighted by Gasteiger charge is 2.22. The Kier molecular flexibility index (Phi) is 11.0. The Hall–Kier alpha value is -0.860. The smallest absolute Gasteiger partial charge is 0.191 e. The normalized spacial score (nSPS) is 17.0. The first kappa shape index (κ1) is 21.2. The van der Waals surface area contributed by atoms with Crippen molar-refractivity contribution in [1.82, 2.24) is 15.5 Å². The maximum Gasteiger partial charge on any atom is 0.191 e. The summed E-state index contributed by atoms with van der Waals surface area (Å²) in [6, 6.07) is 11.0. The van der Waals surface area contributed by atoms with Crippen molar-refractivity contribution in [3.8, 4) is 0 Å². The summed E-state index contributed by atoms with van der Waals surface area (Å²) in [6.07, 6.45) is 2.34. The summed E-state index contributed by atoms with van der Waals surface area (Å²) < 4.78 is 5.50. The fraction of sp³-hybridized carbons (Fsp3) is 0.611. The number of halogens is 1. The molecule has 1 atom stereocenters.